The van der Waals surface area contributed by atoms with E-state index in [0.29, 0.717) is 23.4 Å². The number of aromatic carboxylic acids is 1. The van der Waals surface area contributed by atoms with Crippen LogP contribution in [0.4, 0.5) is 5.82 Å². The summed E-state index contributed by atoms with van der Waals surface area (Å²) in [7, 11) is 0. The Balaban J connectivity index is 2.24. The molecule has 1 fully saturated rings. The lowest BCUT2D eigenvalue weighted by Gasteiger charge is -2.39. The molecule has 0 amide bonds. The van der Waals surface area contributed by atoms with Gasteiger partial charge in [0, 0.05) is 36.3 Å². The summed E-state index contributed by atoms with van der Waals surface area (Å²) in [5.41, 5.74) is 0.186. The van der Waals surface area contributed by atoms with Crippen LogP contribution >= 0.6 is 15.9 Å². The largest absolute Gasteiger partial charge is 0.478 e. The van der Waals surface area contributed by atoms with Crippen LogP contribution in [0.2, 0.25) is 0 Å². The summed E-state index contributed by atoms with van der Waals surface area (Å²) in [4.78, 5) is 17.0. The fourth-order valence-electron chi connectivity index (χ4n) is 1.70. The maximum atomic E-state index is 11.0. The van der Waals surface area contributed by atoms with Crippen molar-refractivity contribution in [2.75, 3.05) is 24.6 Å². The second kappa shape index (κ2) is 4.39. The molecule has 0 radical (unpaired) electrons. The lowest BCUT2D eigenvalue weighted by Crippen LogP contribution is -2.49. The number of carboxylic acids is 1. The van der Waals surface area contributed by atoms with Crippen LogP contribution in [-0.4, -0.2) is 40.9 Å². The lowest BCUT2D eigenvalue weighted by atomic mass is 10.0. The normalized spacial score (nSPS) is 16.0. The van der Waals surface area contributed by atoms with Crippen molar-refractivity contribution in [3.8, 4) is 0 Å². The van der Waals surface area contributed by atoms with Crippen LogP contribution in [0.5, 0.6) is 0 Å². The van der Waals surface area contributed by atoms with Crippen molar-refractivity contribution in [2.24, 2.45) is 5.92 Å². The highest BCUT2D eigenvalue weighted by Gasteiger charge is 2.30. The van der Waals surface area contributed by atoms with Crippen molar-refractivity contribution in [1.29, 1.82) is 0 Å². The van der Waals surface area contributed by atoms with E-state index in [0.717, 1.165) is 0 Å². The van der Waals surface area contributed by atoms with Gasteiger partial charge in [-0.25, -0.2) is 9.78 Å². The maximum absolute atomic E-state index is 11.0. The predicted octanol–water partition coefficient (Wildman–Crippen LogP) is 0.971. The van der Waals surface area contributed by atoms with Crippen molar-refractivity contribution in [1.82, 2.24) is 4.98 Å². The van der Waals surface area contributed by atoms with Gasteiger partial charge in [0.2, 0.25) is 0 Å². The van der Waals surface area contributed by atoms with Gasteiger partial charge in [0.25, 0.3) is 0 Å². The molecule has 86 valence electrons. The zero-order valence-electron chi connectivity index (χ0n) is 8.43. The number of carboxylic acid groups (broad SMARTS) is 1. The van der Waals surface area contributed by atoms with Gasteiger partial charge in [-0.3, -0.25) is 0 Å². The van der Waals surface area contributed by atoms with E-state index in [1.807, 2.05) is 4.90 Å². The third-order valence-corrected chi connectivity index (χ3v) is 3.01. The van der Waals surface area contributed by atoms with Crippen LogP contribution in [0.3, 0.4) is 0 Å². The molecule has 0 spiro atoms. The molecule has 0 unspecified atom stereocenters. The van der Waals surface area contributed by atoms with Crippen LogP contribution < -0.4 is 4.90 Å². The third-order valence-electron chi connectivity index (χ3n) is 2.58. The van der Waals surface area contributed by atoms with Gasteiger partial charge >= 0.3 is 5.97 Å². The van der Waals surface area contributed by atoms with Crippen LogP contribution in [-0.2, 0) is 0 Å². The summed E-state index contributed by atoms with van der Waals surface area (Å²) in [6.07, 6.45) is 1.58. The molecule has 1 aromatic heterocycles. The minimum Gasteiger partial charge on any atom is -0.478 e. The van der Waals surface area contributed by atoms with E-state index in [1.165, 1.54) is 6.07 Å². The number of aromatic nitrogens is 1. The van der Waals surface area contributed by atoms with E-state index in [1.54, 1.807) is 6.20 Å². The highest BCUT2D eigenvalue weighted by molar-refractivity contribution is 9.10. The van der Waals surface area contributed by atoms with Crippen LogP contribution in [0.1, 0.15) is 10.4 Å². The van der Waals surface area contributed by atoms with Gasteiger partial charge in [-0.05, 0) is 22.0 Å². The Morgan fingerprint density at radius 2 is 2.31 bits per heavy atom. The second-order valence-electron chi connectivity index (χ2n) is 3.78. The van der Waals surface area contributed by atoms with Gasteiger partial charge in [0.1, 0.15) is 11.4 Å². The number of halogens is 1. The summed E-state index contributed by atoms with van der Waals surface area (Å²) < 4.78 is 0.646. The smallest absolute Gasteiger partial charge is 0.339 e. The van der Waals surface area contributed by atoms with E-state index < -0.39 is 5.97 Å². The molecule has 2 rings (SSSR count). The van der Waals surface area contributed by atoms with Gasteiger partial charge in [-0.15, -0.1) is 0 Å². The summed E-state index contributed by atoms with van der Waals surface area (Å²) in [5, 5.41) is 17.9. The van der Waals surface area contributed by atoms with E-state index in [4.69, 9.17) is 10.2 Å². The maximum Gasteiger partial charge on any atom is 0.339 e. The molecule has 6 heteroatoms. The van der Waals surface area contributed by atoms with Gasteiger partial charge in [0.05, 0.1) is 0 Å². The summed E-state index contributed by atoms with van der Waals surface area (Å²) >= 11 is 3.19. The Labute approximate surface area is 101 Å². The monoisotopic (exact) mass is 286 g/mol. The van der Waals surface area contributed by atoms with E-state index in [-0.39, 0.29) is 18.1 Å². The van der Waals surface area contributed by atoms with Crippen LogP contribution in [0, 0.1) is 5.92 Å². The van der Waals surface area contributed by atoms with Crippen molar-refractivity contribution >= 4 is 27.7 Å². The molecule has 0 atom stereocenters. The molecule has 1 aliphatic rings. The topological polar surface area (TPSA) is 73.7 Å². The average Bonchev–Trinajstić information content (AvgIpc) is 2.18. The lowest BCUT2D eigenvalue weighted by molar-refractivity contribution is 0.0696. The number of anilines is 1. The Morgan fingerprint density at radius 1 is 1.62 bits per heavy atom. The fourth-order valence-corrected chi connectivity index (χ4v) is 2.03. The third kappa shape index (κ3) is 2.03. The molecule has 2 heterocycles. The van der Waals surface area contributed by atoms with E-state index in [2.05, 4.69) is 20.9 Å². The standard InChI is InChI=1S/C10H11BrN2O3/c11-7-1-8(10(15)16)9(12-2-7)13-3-6(4-13)5-14/h1-2,6,14H,3-5H2,(H,15,16). The SMILES string of the molecule is O=C(O)c1cc(Br)cnc1N1CC(CO)C1. The first kappa shape index (κ1) is 11.3. The Morgan fingerprint density at radius 3 is 2.88 bits per heavy atom. The number of aliphatic hydroxyl groups excluding tert-OH is 1. The summed E-state index contributed by atoms with van der Waals surface area (Å²) in [6, 6.07) is 1.54. The molecule has 0 saturated carbocycles. The number of carbonyl (C=O) groups is 1. The molecule has 1 aromatic rings. The molecule has 1 aliphatic heterocycles. The quantitative estimate of drug-likeness (QED) is 0.866. The van der Waals surface area contributed by atoms with Gasteiger partial charge < -0.3 is 15.1 Å². The molecule has 0 bridgehead atoms. The van der Waals surface area contributed by atoms with Crippen LogP contribution in [0.25, 0.3) is 0 Å². The molecule has 2 N–H and O–H groups in total. The first-order chi connectivity index (χ1) is 7.61. The van der Waals surface area contributed by atoms with E-state index >= 15 is 0 Å². The number of rotatable bonds is 3. The number of pyridine rings is 1. The minimum atomic E-state index is -0.990. The fraction of sp³-hybridized carbons (Fsp3) is 0.400. The molecular formula is C10H11BrN2O3. The zero-order chi connectivity index (χ0) is 11.7. The predicted molar refractivity (Wildman–Crippen MR) is 61.7 cm³/mol. The number of hydrogen-bond donors (Lipinski definition) is 2. The summed E-state index contributed by atoms with van der Waals surface area (Å²) in [5.74, 6) is -0.288. The molecule has 0 aromatic carbocycles. The Bertz CT molecular complexity index is 419. The highest BCUT2D eigenvalue weighted by Crippen LogP contribution is 2.27. The van der Waals surface area contributed by atoms with Crippen molar-refractivity contribution < 1.29 is 15.0 Å². The minimum absolute atomic E-state index is 0.134. The Kier molecular flexibility index (Phi) is 3.11. The molecule has 16 heavy (non-hydrogen) atoms. The van der Waals surface area contributed by atoms with Crippen molar-refractivity contribution in [3.05, 3.63) is 22.3 Å². The zero-order valence-corrected chi connectivity index (χ0v) is 10.0. The molecular weight excluding hydrogens is 276 g/mol. The van der Waals surface area contributed by atoms with Crippen molar-refractivity contribution in [2.45, 2.75) is 0 Å². The first-order valence-electron chi connectivity index (χ1n) is 4.86. The Hall–Kier alpha value is -1.14. The van der Waals surface area contributed by atoms with Crippen LogP contribution in [0.15, 0.2) is 16.7 Å². The van der Waals surface area contributed by atoms with Crippen molar-refractivity contribution in [3.63, 3.8) is 0 Å². The number of nitrogens with zero attached hydrogens (tertiary/aromatic N) is 2. The number of hydrogen-bond acceptors (Lipinski definition) is 4. The highest BCUT2D eigenvalue weighted by atomic mass is 79.9. The first-order valence-corrected chi connectivity index (χ1v) is 5.65. The molecule has 0 aliphatic carbocycles. The molecule has 5 nitrogen and oxygen atoms in total. The van der Waals surface area contributed by atoms with Gasteiger partial charge in [-0.2, -0.15) is 0 Å². The molecule has 1 saturated heterocycles. The second-order valence-corrected chi connectivity index (χ2v) is 4.70. The van der Waals surface area contributed by atoms with E-state index in [9.17, 15) is 4.79 Å². The van der Waals surface area contributed by atoms with Gasteiger partial charge in [-0.1, -0.05) is 0 Å². The average molecular weight is 287 g/mol. The van der Waals surface area contributed by atoms with Gasteiger partial charge in [0.15, 0.2) is 0 Å². The summed E-state index contributed by atoms with van der Waals surface area (Å²) in [6.45, 7) is 1.45. The number of aliphatic hydroxyl groups is 1.